The van der Waals surface area contributed by atoms with Gasteiger partial charge in [-0.2, -0.15) is 0 Å². The average Bonchev–Trinajstić information content (AvgIpc) is 2.57. The molecule has 0 aromatic heterocycles. The van der Waals surface area contributed by atoms with Crippen molar-refractivity contribution in [2.75, 3.05) is 0 Å². The number of benzene rings is 2. The molecule has 0 unspecified atom stereocenters. The maximum Gasteiger partial charge on any atom is 0.386 e. The number of hydrogen-bond acceptors (Lipinski definition) is 6. The summed E-state index contributed by atoms with van der Waals surface area (Å²) in [6, 6.07) is 13.5. The molecular formula is C18H16O6. The lowest BCUT2D eigenvalue weighted by Gasteiger charge is -2.07. The highest BCUT2D eigenvalue weighted by molar-refractivity contribution is 5.89. The molecule has 0 saturated heterocycles. The SMILES string of the molecule is C=C(OOC(=O)c1cccc(C)c1)OOC(=O)c1cccc(C)c1. The van der Waals surface area contributed by atoms with Gasteiger partial charge in [-0.25, -0.2) is 29.1 Å². The summed E-state index contributed by atoms with van der Waals surface area (Å²) in [5, 5.41) is 0. The van der Waals surface area contributed by atoms with Crippen molar-refractivity contribution < 1.29 is 29.1 Å². The van der Waals surface area contributed by atoms with Gasteiger partial charge >= 0.3 is 17.9 Å². The van der Waals surface area contributed by atoms with E-state index >= 15 is 0 Å². The quantitative estimate of drug-likeness (QED) is 0.458. The first-order valence-corrected chi connectivity index (χ1v) is 7.05. The van der Waals surface area contributed by atoms with Gasteiger partial charge in [-0.15, -0.1) is 0 Å². The smallest absolute Gasteiger partial charge is 0.243 e. The van der Waals surface area contributed by atoms with Gasteiger partial charge in [0.1, 0.15) is 0 Å². The van der Waals surface area contributed by atoms with E-state index in [0.717, 1.165) is 11.1 Å². The molecule has 0 fully saturated rings. The molecule has 2 aromatic carbocycles. The van der Waals surface area contributed by atoms with E-state index in [1.54, 1.807) is 36.4 Å². The third-order valence-corrected chi connectivity index (χ3v) is 2.93. The molecule has 6 nitrogen and oxygen atoms in total. The Bertz CT molecular complexity index is 702. The Hall–Kier alpha value is -3.28. The molecule has 0 heterocycles. The molecule has 0 amide bonds. The van der Waals surface area contributed by atoms with E-state index in [4.69, 9.17) is 0 Å². The van der Waals surface area contributed by atoms with Crippen LogP contribution in [0.5, 0.6) is 0 Å². The van der Waals surface area contributed by atoms with E-state index in [1.807, 2.05) is 26.0 Å². The maximum atomic E-state index is 11.7. The standard InChI is InChI=1S/C18H16O6/c1-12-6-4-8-15(10-12)17(19)23-21-14(3)22-24-18(20)16-9-5-7-13(2)11-16/h4-11H,3H2,1-2H3. The zero-order valence-electron chi connectivity index (χ0n) is 13.3. The fourth-order valence-electron chi connectivity index (χ4n) is 1.82. The van der Waals surface area contributed by atoms with Crippen LogP contribution in [0.15, 0.2) is 61.1 Å². The van der Waals surface area contributed by atoms with Crippen molar-refractivity contribution in [1.29, 1.82) is 0 Å². The molecule has 0 radical (unpaired) electrons. The van der Waals surface area contributed by atoms with Gasteiger partial charge < -0.3 is 0 Å². The molecular weight excluding hydrogens is 312 g/mol. The number of rotatable bonds is 6. The minimum Gasteiger partial charge on any atom is -0.243 e. The molecule has 0 aliphatic carbocycles. The normalized spacial score (nSPS) is 9.75. The van der Waals surface area contributed by atoms with Gasteiger partial charge in [0.05, 0.1) is 11.1 Å². The topological polar surface area (TPSA) is 71.1 Å². The summed E-state index contributed by atoms with van der Waals surface area (Å²) in [6.45, 7) is 7.00. The molecule has 0 saturated carbocycles. The second kappa shape index (κ2) is 7.82. The van der Waals surface area contributed by atoms with E-state index < -0.39 is 17.9 Å². The number of aryl methyl sites for hydroxylation is 2. The van der Waals surface area contributed by atoms with Crippen LogP contribution in [0.25, 0.3) is 0 Å². The van der Waals surface area contributed by atoms with Crippen LogP contribution >= 0.6 is 0 Å². The Balaban J connectivity index is 1.79. The van der Waals surface area contributed by atoms with Gasteiger partial charge in [-0.3, -0.25) is 0 Å². The van der Waals surface area contributed by atoms with Crippen LogP contribution in [0.2, 0.25) is 0 Å². The monoisotopic (exact) mass is 328 g/mol. The van der Waals surface area contributed by atoms with Gasteiger partial charge in [-0.1, -0.05) is 35.4 Å². The number of carbonyl (C=O) groups excluding carboxylic acids is 2. The van der Waals surface area contributed by atoms with E-state index in [1.165, 1.54) is 0 Å². The zero-order chi connectivity index (χ0) is 17.5. The molecule has 0 aliphatic rings. The van der Waals surface area contributed by atoms with Gasteiger partial charge in [0.25, 0.3) is 0 Å². The summed E-state index contributed by atoms with van der Waals surface area (Å²) in [5.74, 6) is -1.95. The Labute approximate surface area is 139 Å². The predicted molar refractivity (Wildman–Crippen MR) is 84.5 cm³/mol. The lowest BCUT2D eigenvalue weighted by atomic mass is 10.1. The van der Waals surface area contributed by atoms with E-state index in [2.05, 4.69) is 26.1 Å². The Morgan fingerprint density at radius 3 is 1.54 bits per heavy atom. The molecule has 24 heavy (non-hydrogen) atoms. The van der Waals surface area contributed by atoms with E-state index in [-0.39, 0.29) is 0 Å². The molecule has 2 aromatic rings. The highest BCUT2D eigenvalue weighted by atomic mass is 17.3. The second-order valence-electron chi connectivity index (χ2n) is 5.02. The lowest BCUT2D eigenvalue weighted by molar-refractivity contribution is -0.317. The van der Waals surface area contributed by atoms with Crippen LogP contribution in [0.4, 0.5) is 0 Å². The van der Waals surface area contributed by atoms with E-state index in [0.29, 0.717) is 11.1 Å². The van der Waals surface area contributed by atoms with Crippen LogP contribution in [0.3, 0.4) is 0 Å². The predicted octanol–water partition coefficient (Wildman–Crippen LogP) is 3.65. The summed E-state index contributed by atoms with van der Waals surface area (Å²) in [7, 11) is 0. The average molecular weight is 328 g/mol. The van der Waals surface area contributed by atoms with Crippen LogP contribution < -0.4 is 0 Å². The molecule has 0 bridgehead atoms. The fourth-order valence-corrected chi connectivity index (χ4v) is 1.82. The molecule has 0 atom stereocenters. The third-order valence-electron chi connectivity index (χ3n) is 2.93. The Kier molecular flexibility index (Phi) is 5.57. The van der Waals surface area contributed by atoms with Crippen molar-refractivity contribution in [2.24, 2.45) is 0 Å². The fraction of sp³-hybridized carbons (Fsp3) is 0.111. The summed E-state index contributed by atoms with van der Waals surface area (Å²) in [4.78, 5) is 41.7. The van der Waals surface area contributed by atoms with Gasteiger partial charge in [0, 0.05) is 0 Å². The van der Waals surface area contributed by atoms with Crippen molar-refractivity contribution in [1.82, 2.24) is 0 Å². The minimum atomic E-state index is -0.728. The first kappa shape index (κ1) is 17.1. The van der Waals surface area contributed by atoms with Crippen molar-refractivity contribution in [3.05, 3.63) is 83.3 Å². The first-order chi connectivity index (χ1) is 11.5. The van der Waals surface area contributed by atoms with Gasteiger partial charge in [0.15, 0.2) is 0 Å². The highest BCUT2D eigenvalue weighted by Gasteiger charge is 2.13. The number of carbonyl (C=O) groups is 2. The van der Waals surface area contributed by atoms with Crippen molar-refractivity contribution in [3.63, 3.8) is 0 Å². The van der Waals surface area contributed by atoms with Crippen LogP contribution in [0.1, 0.15) is 31.8 Å². The minimum absolute atomic E-state index is 0.305. The molecule has 0 aliphatic heterocycles. The molecule has 2 rings (SSSR count). The largest absolute Gasteiger partial charge is 0.386 e. The summed E-state index contributed by atoms with van der Waals surface area (Å²) >= 11 is 0. The lowest BCUT2D eigenvalue weighted by Crippen LogP contribution is -2.10. The Morgan fingerprint density at radius 2 is 1.17 bits per heavy atom. The van der Waals surface area contributed by atoms with Crippen LogP contribution in [-0.2, 0) is 19.6 Å². The van der Waals surface area contributed by atoms with E-state index in [9.17, 15) is 9.59 Å². The van der Waals surface area contributed by atoms with Crippen LogP contribution in [0, 0.1) is 13.8 Å². The summed E-state index contributed by atoms with van der Waals surface area (Å²) in [6.07, 6.45) is 0. The summed E-state index contributed by atoms with van der Waals surface area (Å²) < 4.78 is 0. The zero-order valence-corrected chi connectivity index (χ0v) is 13.3. The molecule has 6 heteroatoms. The second-order valence-corrected chi connectivity index (χ2v) is 5.02. The maximum absolute atomic E-state index is 11.7. The van der Waals surface area contributed by atoms with Gasteiger partial charge in [0.2, 0.25) is 0 Å². The summed E-state index contributed by atoms with van der Waals surface area (Å²) in [5.41, 5.74) is 2.40. The van der Waals surface area contributed by atoms with Crippen molar-refractivity contribution in [2.45, 2.75) is 13.8 Å². The Morgan fingerprint density at radius 1 is 0.750 bits per heavy atom. The molecule has 124 valence electrons. The first-order valence-electron chi connectivity index (χ1n) is 7.05. The van der Waals surface area contributed by atoms with Crippen molar-refractivity contribution in [3.8, 4) is 0 Å². The molecule has 0 N–H and O–H groups in total. The van der Waals surface area contributed by atoms with Crippen LogP contribution in [-0.4, -0.2) is 11.9 Å². The number of hydrogen-bond donors (Lipinski definition) is 0. The highest BCUT2D eigenvalue weighted by Crippen LogP contribution is 2.10. The third kappa shape index (κ3) is 4.88. The molecule has 0 spiro atoms. The van der Waals surface area contributed by atoms with Crippen molar-refractivity contribution >= 4 is 11.9 Å². The van der Waals surface area contributed by atoms with Gasteiger partial charge in [-0.05, 0) is 44.7 Å².